The van der Waals surface area contributed by atoms with Gasteiger partial charge in [0.1, 0.15) is 0 Å². The minimum atomic E-state index is -0.385. The number of halogens is 1. The second-order valence-electron chi connectivity index (χ2n) is 4.44. The van der Waals surface area contributed by atoms with Crippen LogP contribution in [0.4, 0.5) is 4.39 Å². The lowest BCUT2D eigenvalue weighted by Crippen LogP contribution is -2.18. The number of thioether (sulfide) groups is 1. The van der Waals surface area contributed by atoms with Crippen molar-refractivity contribution < 1.29 is 13.9 Å². The summed E-state index contributed by atoms with van der Waals surface area (Å²) in [5.41, 5.74) is -0.242. The Kier molecular flexibility index (Phi) is 6.47. The lowest BCUT2D eigenvalue weighted by molar-refractivity contribution is 0.189. The average Bonchev–Trinajstić information content (AvgIpc) is 2.86. The molecular weight excluding hydrogens is 309 g/mol. The maximum atomic E-state index is 13.4. The summed E-state index contributed by atoms with van der Waals surface area (Å²) in [7, 11) is 1.62. The van der Waals surface area contributed by atoms with Gasteiger partial charge in [-0.3, -0.25) is 4.57 Å². The van der Waals surface area contributed by atoms with E-state index in [4.69, 9.17) is 9.47 Å². The number of nitrogens with zero attached hydrogens (tertiary/aromatic N) is 2. The van der Waals surface area contributed by atoms with Crippen LogP contribution in [0, 0.1) is 5.82 Å². The van der Waals surface area contributed by atoms with Gasteiger partial charge in [0, 0.05) is 26.0 Å². The smallest absolute Gasteiger partial charge is 0.343 e. The Hall–Kier alpha value is -1.80. The van der Waals surface area contributed by atoms with Crippen molar-refractivity contribution in [3.05, 3.63) is 40.6 Å². The number of H-pyrrole nitrogens is 1. The standard InChI is InChI=1S/C14H18FN3O3S/c1-20-8-4-7-18-13(19)16-17-14(18)22-10-9-21-12-6-3-2-5-11(12)15/h2-3,5-6H,4,7-10H2,1H3,(H,16,19). The van der Waals surface area contributed by atoms with E-state index in [1.165, 1.54) is 17.8 Å². The SMILES string of the molecule is COCCCn1c(SCCOc2ccccc2F)n[nH]c1=O. The van der Waals surface area contributed by atoms with Crippen molar-refractivity contribution in [2.24, 2.45) is 0 Å². The zero-order valence-electron chi connectivity index (χ0n) is 12.3. The van der Waals surface area contributed by atoms with Gasteiger partial charge in [-0.05, 0) is 18.6 Å². The van der Waals surface area contributed by atoms with Crippen molar-refractivity contribution in [3.63, 3.8) is 0 Å². The van der Waals surface area contributed by atoms with E-state index in [1.54, 1.807) is 29.9 Å². The van der Waals surface area contributed by atoms with Crippen LogP contribution in [-0.4, -0.2) is 40.8 Å². The van der Waals surface area contributed by atoms with Crippen LogP contribution in [0.5, 0.6) is 5.75 Å². The summed E-state index contributed by atoms with van der Waals surface area (Å²) in [6, 6.07) is 6.25. The fourth-order valence-electron chi connectivity index (χ4n) is 1.82. The van der Waals surface area contributed by atoms with Crippen LogP contribution in [0.25, 0.3) is 0 Å². The summed E-state index contributed by atoms with van der Waals surface area (Å²) >= 11 is 1.38. The van der Waals surface area contributed by atoms with Gasteiger partial charge in [-0.2, -0.15) is 0 Å². The van der Waals surface area contributed by atoms with Gasteiger partial charge in [-0.1, -0.05) is 23.9 Å². The molecule has 1 N–H and O–H groups in total. The van der Waals surface area contributed by atoms with Crippen LogP contribution in [0.2, 0.25) is 0 Å². The van der Waals surface area contributed by atoms with E-state index in [1.807, 2.05) is 0 Å². The molecule has 1 aromatic heterocycles. The van der Waals surface area contributed by atoms with Gasteiger partial charge >= 0.3 is 5.69 Å². The van der Waals surface area contributed by atoms with E-state index in [0.717, 1.165) is 6.42 Å². The third-order valence-corrected chi connectivity index (χ3v) is 3.80. The van der Waals surface area contributed by atoms with Gasteiger partial charge in [-0.25, -0.2) is 14.3 Å². The summed E-state index contributed by atoms with van der Waals surface area (Å²) in [4.78, 5) is 11.6. The highest BCUT2D eigenvalue weighted by Crippen LogP contribution is 2.17. The molecule has 0 aliphatic rings. The number of nitrogens with one attached hydrogen (secondary N) is 1. The summed E-state index contributed by atoms with van der Waals surface area (Å²) in [6.07, 6.45) is 0.731. The van der Waals surface area contributed by atoms with Crippen molar-refractivity contribution in [2.75, 3.05) is 26.1 Å². The van der Waals surface area contributed by atoms with Crippen LogP contribution in [0.15, 0.2) is 34.2 Å². The maximum absolute atomic E-state index is 13.4. The van der Waals surface area contributed by atoms with Crippen LogP contribution < -0.4 is 10.4 Å². The number of rotatable bonds is 9. The molecule has 120 valence electrons. The van der Waals surface area contributed by atoms with Crippen LogP contribution in [-0.2, 0) is 11.3 Å². The fourth-order valence-corrected chi connectivity index (χ4v) is 2.61. The number of ether oxygens (including phenoxy) is 2. The molecular formula is C14H18FN3O3S. The largest absolute Gasteiger partial charge is 0.490 e. The lowest BCUT2D eigenvalue weighted by atomic mass is 10.3. The van der Waals surface area contributed by atoms with E-state index in [-0.39, 0.29) is 17.3 Å². The number of methoxy groups -OCH3 is 1. The molecule has 0 bridgehead atoms. The van der Waals surface area contributed by atoms with Crippen LogP contribution >= 0.6 is 11.8 Å². The number of aromatic nitrogens is 3. The van der Waals surface area contributed by atoms with Crippen LogP contribution in [0.1, 0.15) is 6.42 Å². The molecule has 0 unspecified atom stereocenters. The Balaban J connectivity index is 1.82. The van der Waals surface area contributed by atoms with Crippen molar-refractivity contribution >= 4 is 11.8 Å². The zero-order chi connectivity index (χ0) is 15.8. The number of para-hydroxylation sites is 1. The Bertz CT molecular complexity index is 644. The van der Waals surface area contributed by atoms with E-state index in [9.17, 15) is 9.18 Å². The molecule has 2 aromatic rings. The minimum Gasteiger partial charge on any atom is -0.490 e. The Labute approximate surface area is 131 Å². The third-order valence-electron chi connectivity index (χ3n) is 2.86. The molecule has 0 amide bonds. The highest BCUT2D eigenvalue weighted by Gasteiger charge is 2.09. The molecule has 6 nitrogen and oxygen atoms in total. The van der Waals surface area contributed by atoms with Gasteiger partial charge < -0.3 is 9.47 Å². The molecule has 1 heterocycles. The maximum Gasteiger partial charge on any atom is 0.343 e. The summed E-state index contributed by atoms with van der Waals surface area (Å²) in [5, 5.41) is 7.00. The number of hydrogen-bond donors (Lipinski definition) is 1. The van der Waals surface area contributed by atoms with Crippen molar-refractivity contribution in [2.45, 2.75) is 18.1 Å². The van der Waals surface area contributed by atoms with Gasteiger partial charge in [0.2, 0.25) is 0 Å². The van der Waals surface area contributed by atoms with Gasteiger partial charge in [-0.15, -0.1) is 5.10 Å². The molecule has 0 aliphatic carbocycles. The second kappa shape index (κ2) is 8.60. The quantitative estimate of drug-likeness (QED) is 0.563. The molecule has 0 atom stereocenters. The lowest BCUT2D eigenvalue weighted by Gasteiger charge is -2.07. The van der Waals surface area contributed by atoms with Crippen molar-refractivity contribution in [1.29, 1.82) is 0 Å². The van der Waals surface area contributed by atoms with E-state index in [2.05, 4.69) is 10.2 Å². The zero-order valence-corrected chi connectivity index (χ0v) is 13.1. The fraction of sp³-hybridized carbons (Fsp3) is 0.429. The molecule has 2 rings (SSSR count). The Morgan fingerprint density at radius 1 is 1.36 bits per heavy atom. The van der Waals surface area contributed by atoms with Gasteiger partial charge in [0.15, 0.2) is 16.7 Å². The second-order valence-corrected chi connectivity index (χ2v) is 5.50. The highest BCUT2D eigenvalue weighted by molar-refractivity contribution is 7.99. The summed E-state index contributed by atoms with van der Waals surface area (Å²) in [6.45, 7) is 1.45. The normalized spacial score (nSPS) is 10.8. The molecule has 0 saturated heterocycles. The molecule has 0 saturated carbocycles. The molecule has 0 fully saturated rings. The number of aromatic amines is 1. The number of benzene rings is 1. The van der Waals surface area contributed by atoms with Crippen LogP contribution in [0.3, 0.4) is 0 Å². The molecule has 0 radical (unpaired) electrons. The first-order valence-electron chi connectivity index (χ1n) is 6.86. The number of hydrogen-bond acceptors (Lipinski definition) is 5. The Morgan fingerprint density at radius 3 is 2.95 bits per heavy atom. The minimum absolute atomic E-state index is 0.225. The van der Waals surface area contributed by atoms with E-state index < -0.39 is 0 Å². The molecule has 8 heteroatoms. The third kappa shape index (κ3) is 4.60. The van der Waals surface area contributed by atoms with Gasteiger partial charge in [0.05, 0.1) is 6.61 Å². The van der Waals surface area contributed by atoms with Crippen molar-refractivity contribution in [1.82, 2.24) is 14.8 Å². The molecule has 0 spiro atoms. The predicted octanol–water partition coefficient (Wildman–Crippen LogP) is 1.92. The summed E-state index contributed by atoms with van der Waals surface area (Å²) in [5.74, 6) is 0.398. The Morgan fingerprint density at radius 2 is 2.18 bits per heavy atom. The van der Waals surface area contributed by atoms with Gasteiger partial charge in [0.25, 0.3) is 0 Å². The molecule has 0 aliphatic heterocycles. The van der Waals surface area contributed by atoms with E-state index in [0.29, 0.717) is 30.7 Å². The topological polar surface area (TPSA) is 69.1 Å². The first kappa shape index (κ1) is 16.6. The highest BCUT2D eigenvalue weighted by atomic mass is 32.2. The first-order chi connectivity index (χ1) is 10.7. The first-order valence-corrected chi connectivity index (χ1v) is 7.85. The average molecular weight is 327 g/mol. The predicted molar refractivity (Wildman–Crippen MR) is 82.0 cm³/mol. The van der Waals surface area contributed by atoms with E-state index >= 15 is 0 Å². The molecule has 22 heavy (non-hydrogen) atoms. The van der Waals surface area contributed by atoms with Crippen molar-refractivity contribution in [3.8, 4) is 5.75 Å². The monoisotopic (exact) mass is 327 g/mol. The summed E-state index contributed by atoms with van der Waals surface area (Å²) < 4.78 is 25.3. The molecule has 1 aromatic carbocycles.